The molecule has 2 rings (SSSR count). The van der Waals surface area contributed by atoms with Gasteiger partial charge in [-0.2, -0.15) is 14.6 Å². The second kappa shape index (κ2) is 5.77. The second-order valence-electron chi connectivity index (χ2n) is 4.29. The molecule has 0 saturated heterocycles. The Morgan fingerprint density at radius 2 is 2.22 bits per heavy atom. The van der Waals surface area contributed by atoms with Crippen molar-refractivity contribution in [3.8, 4) is 0 Å². The monoisotopic (exact) mass is 249 g/mol. The Bertz CT molecular complexity index is 510. The van der Waals surface area contributed by atoms with Gasteiger partial charge in [0.05, 0.1) is 6.61 Å². The highest BCUT2D eigenvalue weighted by Gasteiger charge is 2.12. The van der Waals surface area contributed by atoms with Gasteiger partial charge in [0.1, 0.15) is 12.1 Å². The van der Waals surface area contributed by atoms with Gasteiger partial charge < -0.3 is 10.0 Å². The van der Waals surface area contributed by atoms with E-state index in [9.17, 15) is 5.11 Å². The molecule has 1 N–H and O–H groups in total. The SMILES string of the molecule is CCCCN(CCO)c1cc(C)nc2ncnn12. The van der Waals surface area contributed by atoms with Gasteiger partial charge in [0.2, 0.25) is 0 Å². The minimum absolute atomic E-state index is 0.126. The summed E-state index contributed by atoms with van der Waals surface area (Å²) in [7, 11) is 0. The van der Waals surface area contributed by atoms with Crippen molar-refractivity contribution in [1.29, 1.82) is 0 Å². The summed E-state index contributed by atoms with van der Waals surface area (Å²) in [6.45, 7) is 5.71. The van der Waals surface area contributed by atoms with Crippen molar-refractivity contribution in [3.63, 3.8) is 0 Å². The quantitative estimate of drug-likeness (QED) is 0.828. The molecule has 0 bridgehead atoms. The van der Waals surface area contributed by atoms with Gasteiger partial charge >= 0.3 is 0 Å². The van der Waals surface area contributed by atoms with Crippen LogP contribution < -0.4 is 4.90 Å². The molecule has 0 saturated carbocycles. The molecule has 0 radical (unpaired) electrons. The van der Waals surface area contributed by atoms with Crippen molar-refractivity contribution in [2.45, 2.75) is 26.7 Å². The number of unbranched alkanes of at least 4 members (excludes halogenated alkanes) is 1. The van der Waals surface area contributed by atoms with Gasteiger partial charge in [-0.3, -0.25) is 0 Å². The van der Waals surface area contributed by atoms with Gasteiger partial charge in [-0.15, -0.1) is 0 Å². The van der Waals surface area contributed by atoms with Gasteiger partial charge in [0.25, 0.3) is 5.78 Å². The highest BCUT2D eigenvalue weighted by molar-refractivity contribution is 5.47. The Balaban J connectivity index is 2.38. The molecule has 2 heterocycles. The Labute approximate surface area is 106 Å². The summed E-state index contributed by atoms with van der Waals surface area (Å²) in [5, 5.41) is 13.4. The van der Waals surface area contributed by atoms with Crippen molar-refractivity contribution < 1.29 is 5.11 Å². The van der Waals surface area contributed by atoms with Crippen LogP contribution in [0.4, 0.5) is 5.82 Å². The summed E-state index contributed by atoms with van der Waals surface area (Å²) < 4.78 is 1.72. The fraction of sp³-hybridized carbons (Fsp3) is 0.583. The van der Waals surface area contributed by atoms with E-state index in [0.29, 0.717) is 12.3 Å². The Kier molecular flexibility index (Phi) is 4.09. The topological polar surface area (TPSA) is 66.5 Å². The highest BCUT2D eigenvalue weighted by Crippen LogP contribution is 2.16. The van der Waals surface area contributed by atoms with E-state index < -0.39 is 0 Å². The van der Waals surface area contributed by atoms with Gasteiger partial charge in [-0.25, -0.2) is 4.98 Å². The van der Waals surface area contributed by atoms with Crippen molar-refractivity contribution in [2.24, 2.45) is 0 Å². The summed E-state index contributed by atoms with van der Waals surface area (Å²) in [5.74, 6) is 1.54. The zero-order valence-electron chi connectivity index (χ0n) is 10.9. The molecular formula is C12H19N5O. The van der Waals surface area contributed by atoms with Gasteiger partial charge in [-0.1, -0.05) is 13.3 Å². The molecule has 0 aliphatic heterocycles. The van der Waals surface area contributed by atoms with Gasteiger partial charge in [-0.05, 0) is 13.3 Å². The first-order valence-corrected chi connectivity index (χ1v) is 6.29. The number of rotatable bonds is 6. The highest BCUT2D eigenvalue weighted by atomic mass is 16.3. The van der Waals surface area contributed by atoms with Crippen molar-refractivity contribution in [1.82, 2.24) is 19.6 Å². The lowest BCUT2D eigenvalue weighted by atomic mass is 10.3. The van der Waals surface area contributed by atoms with Crippen LogP contribution >= 0.6 is 0 Å². The molecule has 2 aromatic heterocycles. The largest absolute Gasteiger partial charge is 0.395 e. The maximum Gasteiger partial charge on any atom is 0.254 e. The molecule has 0 spiro atoms. The zero-order chi connectivity index (χ0) is 13.0. The average Bonchev–Trinajstić information content (AvgIpc) is 2.81. The van der Waals surface area contributed by atoms with E-state index in [1.165, 1.54) is 6.33 Å². The first-order chi connectivity index (χ1) is 8.76. The standard InChI is InChI=1S/C12H19N5O/c1-3-4-5-16(6-7-18)11-8-10(2)15-12-13-9-14-17(11)12/h8-9,18H,3-7H2,1-2H3. The van der Waals surface area contributed by atoms with Crippen LogP contribution in [-0.2, 0) is 0 Å². The normalized spacial score (nSPS) is 11.1. The second-order valence-corrected chi connectivity index (χ2v) is 4.29. The van der Waals surface area contributed by atoms with Crippen molar-refractivity contribution in [3.05, 3.63) is 18.1 Å². The maximum absolute atomic E-state index is 9.19. The van der Waals surface area contributed by atoms with Crippen LogP contribution in [-0.4, -0.2) is 44.4 Å². The molecule has 0 aromatic carbocycles. The third kappa shape index (κ3) is 2.59. The van der Waals surface area contributed by atoms with Crippen LogP contribution in [0.1, 0.15) is 25.5 Å². The molecule has 98 valence electrons. The smallest absolute Gasteiger partial charge is 0.254 e. The summed E-state index contributed by atoms with van der Waals surface area (Å²) in [4.78, 5) is 10.6. The Morgan fingerprint density at radius 1 is 1.39 bits per heavy atom. The molecule has 6 nitrogen and oxygen atoms in total. The van der Waals surface area contributed by atoms with Crippen LogP contribution in [0.3, 0.4) is 0 Å². The van der Waals surface area contributed by atoms with Crippen LogP contribution in [0.15, 0.2) is 12.4 Å². The van der Waals surface area contributed by atoms with Crippen LogP contribution in [0.2, 0.25) is 0 Å². The fourth-order valence-corrected chi connectivity index (χ4v) is 1.95. The van der Waals surface area contributed by atoms with E-state index in [4.69, 9.17) is 0 Å². The van der Waals surface area contributed by atoms with E-state index in [2.05, 4.69) is 26.9 Å². The lowest BCUT2D eigenvalue weighted by Gasteiger charge is -2.24. The average molecular weight is 249 g/mol. The number of aromatic nitrogens is 4. The number of fused-ring (bicyclic) bond motifs is 1. The molecule has 18 heavy (non-hydrogen) atoms. The molecule has 0 amide bonds. The Morgan fingerprint density at radius 3 is 2.94 bits per heavy atom. The number of hydrogen-bond donors (Lipinski definition) is 1. The third-order valence-electron chi connectivity index (χ3n) is 2.84. The predicted molar refractivity (Wildman–Crippen MR) is 69.7 cm³/mol. The van der Waals surface area contributed by atoms with Gasteiger partial charge in [0.15, 0.2) is 0 Å². The molecule has 0 fully saturated rings. The molecule has 0 aliphatic carbocycles. The summed E-state index contributed by atoms with van der Waals surface area (Å²) in [6.07, 6.45) is 3.70. The number of aliphatic hydroxyl groups is 1. The van der Waals surface area contributed by atoms with Crippen LogP contribution in [0.5, 0.6) is 0 Å². The molecule has 2 aromatic rings. The fourth-order valence-electron chi connectivity index (χ4n) is 1.95. The predicted octanol–water partition coefficient (Wildman–Crippen LogP) is 1.03. The number of anilines is 1. The third-order valence-corrected chi connectivity index (χ3v) is 2.84. The molecule has 0 unspecified atom stereocenters. The van der Waals surface area contributed by atoms with Crippen molar-refractivity contribution >= 4 is 11.6 Å². The number of hydrogen-bond acceptors (Lipinski definition) is 5. The number of aliphatic hydroxyl groups excluding tert-OH is 1. The summed E-state index contributed by atoms with van der Waals surface area (Å²) in [5.41, 5.74) is 0.907. The van der Waals surface area contributed by atoms with E-state index >= 15 is 0 Å². The molecule has 6 heteroatoms. The van der Waals surface area contributed by atoms with E-state index in [0.717, 1.165) is 30.9 Å². The first kappa shape index (κ1) is 12.8. The minimum Gasteiger partial charge on any atom is -0.395 e. The lowest BCUT2D eigenvalue weighted by molar-refractivity contribution is 0.301. The van der Waals surface area contributed by atoms with Crippen LogP contribution in [0.25, 0.3) is 5.78 Å². The van der Waals surface area contributed by atoms with Crippen molar-refractivity contribution in [2.75, 3.05) is 24.6 Å². The summed E-state index contributed by atoms with van der Waals surface area (Å²) >= 11 is 0. The number of nitrogens with zero attached hydrogens (tertiary/aromatic N) is 5. The molecule has 0 aliphatic rings. The lowest BCUT2D eigenvalue weighted by Crippen LogP contribution is -2.30. The molecule has 0 atom stereocenters. The zero-order valence-corrected chi connectivity index (χ0v) is 10.9. The van der Waals surface area contributed by atoms with E-state index in [-0.39, 0.29) is 6.61 Å². The van der Waals surface area contributed by atoms with Gasteiger partial charge in [0, 0.05) is 24.8 Å². The first-order valence-electron chi connectivity index (χ1n) is 6.29. The number of aryl methyl sites for hydroxylation is 1. The maximum atomic E-state index is 9.19. The van der Waals surface area contributed by atoms with E-state index in [1.807, 2.05) is 13.0 Å². The van der Waals surface area contributed by atoms with E-state index in [1.54, 1.807) is 4.52 Å². The Hall–Kier alpha value is -1.69. The minimum atomic E-state index is 0.126. The summed E-state index contributed by atoms with van der Waals surface area (Å²) in [6, 6.07) is 1.98. The van der Waals surface area contributed by atoms with Crippen LogP contribution in [0, 0.1) is 6.92 Å². The molecular weight excluding hydrogens is 230 g/mol.